The number of rotatable bonds is 10. The lowest BCUT2D eigenvalue weighted by molar-refractivity contribution is -0.633. The monoisotopic (exact) mass is 372 g/mol. The molecule has 0 bridgehead atoms. The summed E-state index contributed by atoms with van der Waals surface area (Å²) >= 11 is 0. The van der Waals surface area contributed by atoms with Gasteiger partial charge in [0.15, 0.2) is 24.6 Å². The van der Waals surface area contributed by atoms with Crippen molar-refractivity contribution in [3.05, 3.63) is 59.7 Å². The van der Waals surface area contributed by atoms with Gasteiger partial charge >= 0.3 is 0 Å². The van der Waals surface area contributed by atoms with E-state index in [1.54, 1.807) is 19.5 Å². The van der Waals surface area contributed by atoms with Crippen LogP contribution in [0, 0.1) is 0 Å². The smallest absolute Gasteiger partial charge is 0.275 e. The number of hydrogen-bond acceptors (Lipinski definition) is 4. The Morgan fingerprint density at radius 2 is 1.70 bits per heavy atom. The lowest BCUT2D eigenvalue weighted by Gasteiger charge is -2.12. The quantitative estimate of drug-likeness (QED) is 0.555. The number of amides is 2. The van der Waals surface area contributed by atoms with Gasteiger partial charge in [-0.1, -0.05) is 36.4 Å². The number of likely N-dealkylation sites (N-methyl/N-ethyl adjacent to an activating group) is 1. The zero-order valence-electron chi connectivity index (χ0n) is 15.7. The van der Waals surface area contributed by atoms with E-state index >= 15 is 0 Å². The zero-order valence-corrected chi connectivity index (χ0v) is 15.7. The van der Waals surface area contributed by atoms with E-state index in [-0.39, 0.29) is 24.9 Å². The Morgan fingerprint density at radius 1 is 0.963 bits per heavy atom. The van der Waals surface area contributed by atoms with E-state index in [0.717, 1.165) is 11.1 Å². The van der Waals surface area contributed by atoms with E-state index in [9.17, 15) is 9.59 Å². The zero-order chi connectivity index (χ0) is 19.5. The molecule has 0 atom stereocenters. The van der Waals surface area contributed by atoms with Gasteiger partial charge in [0.1, 0.15) is 6.61 Å². The number of hydrogen-bond donors (Lipinski definition) is 3. The number of carbonyl (C=O) groups excluding carboxylic acids is 2. The van der Waals surface area contributed by atoms with Crippen LogP contribution in [0.25, 0.3) is 0 Å². The first kappa shape index (κ1) is 20.3. The average molecular weight is 372 g/mol. The number of benzene rings is 2. The fourth-order valence-electron chi connectivity index (χ4n) is 2.39. The fourth-order valence-corrected chi connectivity index (χ4v) is 2.39. The van der Waals surface area contributed by atoms with Crippen LogP contribution in [0.5, 0.6) is 11.5 Å². The van der Waals surface area contributed by atoms with Crippen LogP contribution in [0.3, 0.4) is 0 Å². The standard InChI is InChI=1S/C20H25N3O4/c1-21-19(24)12-22-13-20(25)23-11-16-8-9-17(18(10-16)26-2)27-14-15-6-4-3-5-7-15/h3-10,22H,11-14H2,1-2H3,(H,21,24)(H,23,25)/p+1. The predicted molar refractivity (Wildman–Crippen MR) is 101 cm³/mol. The highest BCUT2D eigenvalue weighted by Crippen LogP contribution is 2.28. The molecule has 0 aliphatic heterocycles. The summed E-state index contributed by atoms with van der Waals surface area (Å²) in [4.78, 5) is 23.0. The van der Waals surface area contributed by atoms with E-state index in [4.69, 9.17) is 9.47 Å². The third-order valence-corrected chi connectivity index (χ3v) is 3.89. The van der Waals surface area contributed by atoms with E-state index in [0.29, 0.717) is 24.7 Å². The summed E-state index contributed by atoms with van der Waals surface area (Å²) < 4.78 is 11.2. The number of methoxy groups -OCH3 is 1. The van der Waals surface area contributed by atoms with Gasteiger partial charge in [-0.05, 0) is 23.3 Å². The Bertz CT molecular complexity index is 750. The molecule has 0 fully saturated rings. The van der Waals surface area contributed by atoms with Gasteiger partial charge in [0.05, 0.1) is 7.11 Å². The van der Waals surface area contributed by atoms with Crippen molar-refractivity contribution < 1.29 is 24.4 Å². The highest BCUT2D eigenvalue weighted by molar-refractivity contribution is 5.78. The van der Waals surface area contributed by atoms with Crippen molar-refractivity contribution in [3.63, 3.8) is 0 Å². The molecule has 0 aromatic heterocycles. The number of carbonyl (C=O) groups is 2. The fraction of sp³-hybridized carbons (Fsp3) is 0.300. The first-order valence-electron chi connectivity index (χ1n) is 8.75. The lowest BCUT2D eigenvalue weighted by atomic mass is 10.2. The van der Waals surface area contributed by atoms with Crippen molar-refractivity contribution in [2.75, 3.05) is 27.2 Å². The first-order valence-corrected chi connectivity index (χ1v) is 8.75. The molecule has 7 heteroatoms. The third-order valence-electron chi connectivity index (χ3n) is 3.89. The molecule has 2 amide bonds. The second kappa shape index (κ2) is 10.8. The maximum atomic E-state index is 11.8. The summed E-state index contributed by atoms with van der Waals surface area (Å²) in [6.45, 7) is 1.25. The molecule has 27 heavy (non-hydrogen) atoms. The molecule has 0 heterocycles. The minimum absolute atomic E-state index is 0.112. The second-order valence-corrected chi connectivity index (χ2v) is 5.91. The molecule has 144 valence electrons. The topological polar surface area (TPSA) is 93.3 Å². The maximum Gasteiger partial charge on any atom is 0.275 e. The molecule has 4 N–H and O–H groups in total. The normalized spacial score (nSPS) is 10.1. The third kappa shape index (κ3) is 6.99. The van der Waals surface area contributed by atoms with E-state index < -0.39 is 0 Å². The van der Waals surface area contributed by atoms with Crippen LogP contribution >= 0.6 is 0 Å². The maximum absolute atomic E-state index is 11.8. The summed E-state index contributed by atoms with van der Waals surface area (Å²) in [5.74, 6) is 1.01. The summed E-state index contributed by atoms with van der Waals surface area (Å²) in [5, 5.41) is 6.98. The number of nitrogens with one attached hydrogen (secondary N) is 2. The van der Waals surface area contributed by atoms with E-state index in [1.165, 1.54) is 0 Å². The van der Waals surface area contributed by atoms with Crippen LogP contribution in [0.1, 0.15) is 11.1 Å². The van der Waals surface area contributed by atoms with Crippen LogP contribution in [0.2, 0.25) is 0 Å². The van der Waals surface area contributed by atoms with Gasteiger partial charge in [0.25, 0.3) is 11.8 Å². The Labute approximate surface area is 159 Å². The summed E-state index contributed by atoms with van der Waals surface area (Å²) in [6, 6.07) is 15.5. The minimum Gasteiger partial charge on any atom is -0.493 e. The molecule has 2 aromatic rings. The van der Waals surface area contributed by atoms with Crippen LogP contribution in [0.15, 0.2) is 48.5 Å². The van der Waals surface area contributed by atoms with E-state index in [1.807, 2.05) is 48.5 Å². The molecular weight excluding hydrogens is 346 g/mol. The number of nitrogens with two attached hydrogens (primary N) is 1. The summed E-state index contributed by atoms with van der Waals surface area (Å²) in [7, 11) is 3.15. The lowest BCUT2D eigenvalue weighted by Crippen LogP contribution is -2.88. The van der Waals surface area contributed by atoms with Gasteiger partial charge in [-0.15, -0.1) is 0 Å². The van der Waals surface area contributed by atoms with Crippen molar-refractivity contribution in [1.82, 2.24) is 10.6 Å². The second-order valence-electron chi connectivity index (χ2n) is 5.91. The largest absolute Gasteiger partial charge is 0.493 e. The average Bonchev–Trinajstić information content (AvgIpc) is 2.71. The van der Waals surface area contributed by atoms with Gasteiger partial charge in [-0.2, -0.15) is 0 Å². The van der Waals surface area contributed by atoms with Crippen molar-refractivity contribution in [2.45, 2.75) is 13.2 Å². The molecule has 0 aliphatic rings. The molecule has 2 aromatic carbocycles. The van der Waals surface area contributed by atoms with Crippen molar-refractivity contribution in [1.29, 1.82) is 0 Å². The minimum atomic E-state index is -0.137. The molecular formula is C20H26N3O4+. The first-order chi connectivity index (χ1) is 13.1. The van der Waals surface area contributed by atoms with Gasteiger partial charge in [-0.3, -0.25) is 9.59 Å². The van der Waals surface area contributed by atoms with Gasteiger partial charge in [0, 0.05) is 13.6 Å². The van der Waals surface area contributed by atoms with E-state index in [2.05, 4.69) is 10.6 Å². The van der Waals surface area contributed by atoms with Crippen LogP contribution in [-0.2, 0) is 22.7 Å². The molecule has 7 nitrogen and oxygen atoms in total. The highest BCUT2D eigenvalue weighted by atomic mass is 16.5. The molecule has 2 rings (SSSR count). The molecule has 0 saturated carbocycles. The molecule has 0 unspecified atom stereocenters. The summed E-state index contributed by atoms with van der Waals surface area (Å²) in [6.07, 6.45) is 0. The van der Waals surface area contributed by atoms with Gasteiger partial charge in [-0.25, -0.2) is 0 Å². The molecule has 0 spiro atoms. The van der Waals surface area contributed by atoms with Gasteiger partial charge in [0.2, 0.25) is 0 Å². The number of ether oxygens (including phenoxy) is 2. The number of quaternary nitrogens is 1. The molecule has 0 aliphatic carbocycles. The predicted octanol–water partition coefficient (Wildman–Crippen LogP) is 0.200. The Kier molecular flexibility index (Phi) is 8.12. The Hall–Kier alpha value is -3.06. The van der Waals surface area contributed by atoms with Crippen LogP contribution in [0.4, 0.5) is 0 Å². The highest BCUT2D eigenvalue weighted by Gasteiger charge is 2.09. The van der Waals surface area contributed by atoms with Crippen molar-refractivity contribution in [3.8, 4) is 11.5 Å². The molecule has 0 saturated heterocycles. The Morgan fingerprint density at radius 3 is 2.41 bits per heavy atom. The summed E-state index contributed by atoms with van der Waals surface area (Å²) in [5.41, 5.74) is 1.97. The van der Waals surface area contributed by atoms with Crippen molar-refractivity contribution in [2.24, 2.45) is 0 Å². The van der Waals surface area contributed by atoms with Crippen LogP contribution in [-0.4, -0.2) is 39.1 Å². The van der Waals surface area contributed by atoms with Crippen molar-refractivity contribution >= 4 is 11.8 Å². The van der Waals surface area contributed by atoms with Crippen LogP contribution < -0.4 is 25.4 Å². The Balaban J connectivity index is 1.84. The molecule has 0 radical (unpaired) electrons. The van der Waals surface area contributed by atoms with Gasteiger partial charge < -0.3 is 25.4 Å². The SMILES string of the molecule is CNC(=O)C[NH2+]CC(=O)NCc1ccc(OCc2ccccc2)c(OC)c1.